The van der Waals surface area contributed by atoms with Gasteiger partial charge in [-0.3, -0.25) is 0 Å². The number of hydrogen-bond acceptors (Lipinski definition) is 1. The molecule has 0 spiro atoms. The maximum absolute atomic E-state index is 6.40. The molecule has 2 rings (SSSR count). The quantitative estimate of drug-likeness (QED) is 0.313. The Kier molecular flexibility index (Phi) is 8.84. The third kappa shape index (κ3) is 6.90. The lowest BCUT2D eigenvalue weighted by Crippen LogP contribution is -1.99. The van der Waals surface area contributed by atoms with Crippen molar-refractivity contribution in [3.8, 4) is 5.75 Å². The van der Waals surface area contributed by atoms with Crippen LogP contribution < -0.4 is 4.74 Å². The highest BCUT2D eigenvalue weighted by Gasteiger charge is 2.05. The summed E-state index contributed by atoms with van der Waals surface area (Å²) < 4.78 is 5.96. The van der Waals surface area contributed by atoms with Gasteiger partial charge in [0.05, 0.1) is 6.61 Å². The van der Waals surface area contributed by atoms with Gasteiger partial charge in [-0.2, -0.15) is 0 Å². The van der Waals surface area contributed by atoms with Crippen molar-refractivity contribution in [3.05, 3.63) is 107 Å². The molecule has 0 N–H and O–H groups in total. The van der Waals surface area contributed by atoms with E-state index in [-0.39, 0.29) is 0 Å². The molecule has 0 aliphatic heterocycles. The Hall–Kier alpha value is -2.51. The monoisotopic (exact) mass is 392 g/mol. The third-order valence-corrected chi connectivity index (χ3v) is 4.73. The van der Waals surface area contributed by atoms with Crippen LogP contribution in [0.25, 0.3) is 5.57 Å². The maximum atomic E-state index is 6.40. The normalized spacial score (nSPS) is 12.8. The van der Waals surface area contributed by atoms with Gasteiger partial charge in [0.2, 0.25) is 0 Å². The molecule has 2 aromatic carbocycles. The van der Waals surface area contributed by atoms with E-state index in [0.29, 0.717) is 11.6 Å². The van der Waals surface area contributed by atoms with Crippen LogP contribution in [-0.4, -0.2) is 6.61 Å². The van der Waals surface area contributed by atoms with Gasteiger partial charge in [-0.05, 0) is 85.7 Å². The zero-order chi connectivity index (χ0) is 20.4. The molecule has 0 fully saturated rings. The van der Waals surface area contributed by atoms with Gasteiger partial charge in [-0.25, -0.2) is 0 Å². The number of aryl methyl sites for hydroxylation is 1. The number of halogens is 1. The number of rotatable bonds is 9. The fourth-order valence-electron chi connectivity index (χ4n) is 2.87. The van der Waals surface area contributed by atoms with Crippen LogP contribution in [0.2, 0.25) is 0 Å². The molecule has 0 amide bonds. The first-order chi connectivity index (χ1) is 13.5. The van der Waals surface area contributed by atoms with E-state index in [9.17, 15) is 0 Å². The van der Waals surface area contributed by atoms with E-state index in [4.69, 9.17) is 16.3 Å². The molecule has 28 heavy (non-hydrogen) atoms. The molecule has 2 heteroatoms. The van der Waals surface area contributed by atoms with Crippen molar-refractivity contribution in [2.45, 2.75) is 33.6 Å². The van der Waals surface area contributed by atoms with Crippen LogP contribution in [0.3, 0.4) is 0 Å². The minimum absolute atomic E-state index is 0.697. The Morgan fingerprint density at radius 3 is 2.50 bits per heavy atom. The van der Waals surface area contributed by atoms with E-state index in [1.165, 1.54) is 5.56 Å². The highest BCUT2D eigenvalue weighted by Crippen LogP contribution is 2.26. The predicted molar refractivity (Wildman–Crippen MR) is 123 cm³/mol. The first kappa shape index (κ1) is 21.8. The molecule has 0 heterocycles. The van der Waals surface area contributed by atoms with Gasteiger partial charge in [0.15, 0.2) is 0 Å². The zero-order valence-corrected chi connectivity index (χ0v) is 17.8. The second-order valence-electron chi connectivity index (χ2n) is 6.83. The van der Waals surface area contributed by atoms with Gasteiger partial charge in [0, 0.05) is 5.03 Å². The van der Waals surface area contributed by atoms with Crippen LogP contribution in [0.15, 0.2) is 95.6 Å². The average Bonchev–Trinajstić information content (AvgIpc) is 2.70. The molecule has 0 bridgehead atoms. The van der Waals surface area contributed by atoms with Gasteiger partial charge in [-0.1, -0.05) is 66.7 Å². The first-order valence-corrected chi connectivity index (χ1v) is 10.0. The summed E-state index contributed by atoms with van der Waals surface area (Å²) in [4.78, 5) is 0. The lowest BCUT2D eigenvalue weighted by Gasteiger charge is -2.10. The van der Waals surface area contributed by atoms with Crippen molar-refractivity contribution < 1.29 is 4.74 Å². The number of hydrogen-bond donors (Lipinski definition) is 0. The molecule has 0 saturated heterocycles. The summed E-state index contributed by atoms with van der Waals surface area (Å²) in [5, 5.41) is 0.697. The van der Waals surface area contributed by atoms with Gasteiger partial charge in [0.1, 0.15) is 5.75 Å². The predicted octanol–water partition coefficient (Wildman–Crippen LogP) is 7.75. The summed E-state index contributed by atoms with van der Waals surface area (Å²) in [7, 11) is 0. The van der Waals surface area contributed by atoms with Crippen LogP contribution >= 0.6 is 11.6 Å². The molecular weight excluding hydrogens is 364 g/mol. The second-order valence-corrected chi connectivity index (χ2v) is 7.24. The van der Waals surface area contributed by atoms with E-state index >= 15 is 0 Å². The fourth-order valence-corrected chi connectivity index (χ4v) is 3.22. The number of allylic oxidation sites excluding steroid dienone is 7. The molecular formula is C26H29ClO. The van der Waals surface area contributed by atoms with E-state index in [1.54, 1.807) is 0 Å². The van der Waals surface area contributed by atoms with Crippen molar-refractivity contribution >= 4 is 17.2 Å². The summed E-state index contributed by atoms with van der Waals surface area (Å²) in [6.45, 7) is 10.8. The Morgan fingerprint density at radius 2 is 1.82 bits per heavy atom. The Bertz CT molecular complexity index is 872. The maximum Gasteiger partial charge on any atom is 0.119 e. The lowest BCUT2D eigenvalue weighted by molar-refractivity contribution is 0.311. The molecule has 1 nitrogen and oxygen atoms in total. The largest absolute Gasteiger partial charge is 0.494 e. The Morgan fingerprint density at radius 1 is 1.07 bits per heavy atom. The van der Waals surface area contributed by atoms with Gasteiger partial charge < -0.3 is 4.74 Å². The summed E-state index contributed by atoms with van der Waals surface area (Å²) in [6.07, 6.45) is 7.92. The van der Waals surface area contributed by atoms with Crippen molar-refractivity contribution in [1.82, 2.24) is 0 Å². The standard InChI is InChI=1S/C26H29ClO/c1-5-11-26(27)25(20(2)3)18-21(4)23-15-9-16-24(19-23)28-17-10-14-22-12-7-6-8-13-22/h5-9,11-13,15-16,18-19H,2,10,14,17H2,1,3-4H3/b11-5-,21-18+,26-25+. The second kappa shape index (κ2) is 11.4. The Labute approximate surface area is 174 Å². The molecule has 146 valence electrons. The summed E-state index contributed by atoms with van der Waals surface area (Å²) in [5.74, 6) is 0.888. The van der Waals surface area contributed by atoms with Crippen LogP contribution in [0.4, 0.5) is 0 Å². The van der Waals surface area contributed by atoms with E-state index < -0.39 is 0 Å². The minimum Gasteiger partial charge on any atom is -0.494 e. The highest BCUT2D eigenvalue weighted by atomic mass is 35.5. The van der Waals surface area contributed by atoms with E-state index in [0.717, 1.165) is 40.9 Å². The molecule has 0 atom stereocenters. The van der Waals surface area contributed by atoms with Gasteiger partial charge >= 0.3 is 0 Å². The fraction of sp³-hybridized carbons (Fsp3) is 0.231. The molecule has 0 aromatic heterocycles. The zero-order valence-electron chi connectivity index (χ0n) is 17.0. The van der Waals surface area contributed by atoms with E-state index in [1.807, 2.05) is 44.2 Å². The van der Waals surface area contributed by atoms with Crippen molar-refractivity contribution in [3.63, 3.8) is 0 Å². The molecule has 0 saturated carbocycles. The molecule has 2 aromatic rings. The first-order valence-electron chi connectivity index (χ1n) is 9.65. The van der Waals surface area contributed by atoms with Crippen molar-refractivity contribution in [2.75, 3.05) is 6.61 Å². The molecule has 0 aliphatic carbocycles. The minimum atomic E-state index is 0.697. The summed E-state index contributed by atoms with van der Waals surface area (Å²) in [6, 6.07) is 18.7. The highest BCUT2D eigenvalue weighted by molar-refractivity contribution is 6.32. The van der Waals surface area contributed by atoms with Crippen LogP contribution in [0, 0.1) is 0 Å². The SMILES string of the molecule is C=C(C)C(/C=C(\C)c1cccc(OCCCc2ccccc2)c1)=C(Cl)\C=C/C. The number of ether oxygens (including phenoxy) is 1. The Balaban J connectivity index is 2.04. The molecule has 0 unspecified atom stereocenters. The smallest absolute Gasteiger partial charge is 0.119 e. The van der Waals surface area contributed by atoms with E-state index in [2.05, 4.69) is 56.0 Å². The number of benzene rings is 2. The van der Waals surface area contributed by atoms with Gasteiger partial charge in [-0.15, -0.1) is 0 Å². The van der Waals surface area contributed by atoms with Crippen molar-refractivity contribution in [1.29, 1.82) is 0 Å². The lowest BCUT2D eigenvalue weighted by atomic mass is 10.0. The van der Waals surface area contributed by atoms with Crippen LogP contribution in [-0.2, 0) is 6.42 Å². The van der Waals surface area contributed by atoms with Crippen LogP contribution in [0.1, 0.15) is 38.3 Å². The summed E-state index contributed by atoms with van der Waals surface area (Å²) in [5.41, 5.74) is 5.47. The van der Waals surface area contributed by atoms with Crippen LogP contribution in [0.5, 0.6) is 5.75 Å². The topological polar surface area (TPSA) is 9.23 Å². The molecule has 0 aliphatic rings. The third-order valence-electron chi connectivity index (χ3n) is 4.40. The molecule has 0 radical (unpaired) electrons. The van der Waals surface area contributed by atoms with Crippen molar-refractivity contribution in [2.24, 2.45) is 0 Å². The van der Waals surface area contributed by atoms with Gasteiger partial charge in [0.25, 0.3) is 0 Å². The average molecular weight is 393 g/mol. The summed E-state index contributed by atoms with van der Waals surface area (Å²) >= 11 is 6.40.